The molecule has 0 N–H and O–H groups in total. The van der Waals surface area contributed by atoms with E-state index in [2.05, 4.69) is 6.92 Å². The van der Waals surface area contributed by atoms with Crippen LogP contribution in [0.5, 0.6) is 0 Å². The van der Waals surface area contributed by atoms with Crippen LogP contribution in [0.25, 0.3) is 0 Å². The molecular weight excluding hydrogens is 298 g/mol. The summed E-state index contributed by atoms with van der Waals surface area (Å²) in [6.45, 7) is 4.30. The Balaban J connectivity index is 1.52. The minimum absolute atomic E-state index is 0.0501. The largest absolute Gasteiger partial charge is 0.374 e. The average Bonchev–Trinajstić information content (AvgIpc) is 3.26. The summed E-state index contributed by atoms with van der Waals surface area (Å²) in [5, 5.41) is 0.774. The summed E-state index contributed by atoms with van der Waals surface area (Å²) in [5.41, 5.74) is 1.53. The van der Waals surface area contributed by atoms with E-state index in [-0.39, 0.29) is 12.0 Å². The number of benzene rings is 1. The van der Waals surface area contributed by atoms with Crippen LogP contribution in [0.4, 0.5) is 0 Å². The monoisotopic (exact) mass is 321 g/mol. The molecule has 1 saturated carbocycles. The van der Waals surface area contributed by atoms with E-state index in [1.807, 2.05) is 29.2 Å². The summed E-state index contributed by atoms with van der Waals surface area (Å²) < 4.78 is 5.82. The van der Waals surface area contributed by atoms with Crippen molar-refractivity contribution in [2.45, 2.75) is 45.1 Å². The van der Waals surface area contributed by atoms with Crippen molar-refractivity contribution >= 4 is 17.5 Å². The van der Waals surface area contributed by atoms with Crippen LogP contribution in [-0.2, 0) is 16.0 Å². The minimum atomic E-state index is 0.0501. The van der Waals surface area contributed by atoms with Gasteiger partial charge in [0.1, 0.15) is 0 Å². The molecule has 1 atom stereocenters. The first kappa shape index (κ1) is 15.8. The van der Waals surface area contributed by atoms with E-state index in [1.54, 1.807) is 0 Å². The molecule has 3 rings (SSSR count). The Kier molecular flexibility index (Phi) is 4.74. The fraction of sp³-hybridized carbons (Fsp3) is 0.611. The highest BCUT2D eigenvalue weighted by atomic mass is 35.5. The Morgan fingerprint density at radius 1 is 1.41 bits per heavy atom. The van der Waals surface area contributed by atoms with Crippen molar-refractivity contribution in [1.29, 1.82) is 0 Å². The van der Waals surface area contributed by atoms with Crippen molar-refractivity contribution in [1.82, 2.24) is 4.90 Å². The molecule has 1 heterocycles. The number of rotatable bonds is 5. The number of halogens is 1. The average molecular weight is 322 g/mol. The third-order valence-electron chi connectivity index (χ3n) is 4.94. The number of carbonyl (C=O) groups excluding carboxylic acids is 1. The Labute approximate surface area is 137 Å². The summed E-state index contributed by atoms with van der Waals surface area (Å²) >= 11 is 6.21. The molecule has 1 aromatic carbocycles. The molecule has 0 unspecified atom stereocenters. The molecule has 4 heteroatoms. The highest BCUT2D eigenvalue weighted by Crippen LogP contribution is 2.48. The van der Waals surface area contributed by atoms with Crippen LogP contribution < -0.4 is 0 Å². The van der Waals surface area contributed by atoms with E-state index >= 15 is 0 Å². The maximum Gasteiger partial charge on any atom is 0.222 e. The van der Waals surface area contributed by atoms with E-state index in [1.165, 1.54) is 12.8 Å². The Bertz CT molecular complexity index is 542. The predicted octanol–water partition coefficient (Wildman–Crippen LogP) is 3.69. The van der Waals surface area contributed by atoms with Crippen LogP contribution in [-0.4, -0.2) is 36.6 Å². The molecule has 1 aromatic rings. The lowest BCUT2D eigenvalue weighted by Gasteiger charge is -2.33. The second-order valence-electron chi connectivity index (χ2n) is 6.94. The van der Waals surface area contributed by atoms with Crippen molar-refractivity contribution in [2.75, 3.05) is 19.7 Å². The van der Waals surface area contributed by atoms with Gasteiger partial charge >= 0.3 is 0 Å². The van der Waals surface area contributed by atoms with Crippen LogP contribution in [0, 0.1) is 5.41 Å². The Morgan fingerprint density at radius 2 is 2.18 bits per heavy atom. The maximum atomic E-state index is 12.4. The molecule has 1 saturated heterocycles. The highest BCUT2D eigenvalue weighted by molar-refractivity contribution is 6.31. The molecule has 120 valence electrons. The summed E-state index contributed by atoms with van der Waals surface area (Å²) in [7, 11) is 0. The number of amides is 1. The van der Waals surface area contributed by atoms with Gasteiger partial charge in [0.25, 0.3) is 0 Å². The second-order valence-corrected chi connectivity index (χ2v) is 7.35. The first-order valence-corrected chi connectivity index (χ1v) is 8.56. The van der Waals surface area contributed by atoms with Gasteiger partial charge in [-0.25, -0.2) is 0 Å². The van der Waals surface area contributed by atoms with Gasteiger partial charge < -0.3 is 9.64 Å². The van der Waals surface area contributed by atoms with Crippen LogP contribution in [0.2, 0.25) is 5.02 Å². The van der Waals surface area contributed by atoms with Crippen molar-refractivity contribution in [2.24, 2.45) is 5.41 Å². The van der Waals surface area contributed by atoms with Gasteiger partial charge in [-0.05, 0) is 36.3 Å². The van der Waals surface area contributed by atoms with E-state index in [4.69, 9.17) is 16.3 Å². The fourth-order valence-corrected chi connectivity index (χ4v) is 3.22. The number of hydrogen-bond donors (Lipinski definition) is 0. The first-order valence-electron chi connectivity index (χ1n) is 8.19. The third-order valence-corrected chi connectivity index (χ3v) is 5.31. The Morgan fingerprint density at radius 3 is 2.91 bits per heavy atom. The summed E-state index contributed by atoms with van der Waals surface area (Å²) in [6.07, 6.45) is 5.07. The molecule has 1 aliphatic carbocycles. The molecule has 22 heavy (non-hydrogen) atoms. The number of nitrogens with zero attached hydrogens (tertiary/aromatic N) is 1. The summed E-state index contributed by atoms with van der Waals surface area (Å²) in [5.74, 6) is 0.278. The fourth-order valence-electron chi connectivity index (χ4n) is 3.01. The summed E-state index contributed by atoms with van der Waals surface area (Å²) in [6, 6.07) is 7.85. The van der Waals surface area contributed by atoms with E-state index in [9.17, 15) is 4.79 Å². The van der Waals surface area contributed by atoms with Crippen LogP contribution in [0.15, 0.2) is 24.3 Å². The summed E-state index contributed by atoms with van der Waals surface area (Å²) in [4.78, 5) is 14.4. The van der Waals surface area contributed by atoms with Gasteiger partial charge in [-0.1, -0.05) is 36.7 Å². The van der Waals surface area contributed by atoms with Crippen molar-refractivity contribution in [3.05, 3.63) is 34.9 Å². The number of ether oxygens (including phenoxy) is 1. The molecule has 2 fully saturated rings. The quantitative estimate of drug-likeness (QED) is 0.827. The maximum absolute atomic E-state index is 12.4. The lowest BCUT2D eigenvalue weighted by atomic mass is 10.0. The third kappa shape index (κ3) is 4.02. The molecule has 1 amide bonds. The molecule has 1 aliphatic heterocycles. The number of carbonyl (C=O) groups is 1. The van der Waals surface area contributed by atoms with E-state index in [0.717, 1.165) is 23.4 Å². The molecule has 0 aromatic heterocycles. The number of morpholine rings is 1. The zero-order valence-corrected chi connectivity index (χ0v) is 13.9. The molecule has 2 aliphatic rings. The molecule has 0 bridgehead atoms. The number of hydrogen-bond acceptors (Lipinski definition) is 2. The first-order chi connectivity index (χ1) is 10.6. The standard InChI is InChI=1S/C18H24ClNO2/c1-18(8-9-18)7-6-17(21)20-10-11-22-15(13-20)12-14-4-2-3-5-16(14)19/h2-5,15H,6-13H2,1H3/t15-/m1/s1. The van der Waals surface area contributed by atoms with Crippen molar-refractivity contribution < 1.29 is 9.53 Å². The Hall–Kier alpha value is -1.06. The van der Waals surface area contributed by atoms with Gasteiger partial charge in [-0.2, -0.15) is 0 Å². The van der Waals surface area contributed by atoms with Gasteiger partial charge in [0.2, 0.25) is 5.91 Å². The van der Waals surface area contributed by atoms with Gasteiger partial charge in [-0.15, -0.1) is 0 Å². The highest BCUT2D eigenvalue weighted by Gasteiger charge is 2.37. The van der Waals surface area contributed by atoms with Gasteiger partial charge in [0, 0.05) is 31.0 Å². The second kappa shape index (κ2) is 6.59. The van der Waals surface area contributed by atoms with E-state index in [0.29, 0.717) is 31.5 Å². The van der Waals surface area contributed by atoms with Crippen molar-refractivity contribution in [3.8, 4) is 0 Å². The minimum Gasteiger partial charge on any atom is -0.374 e. The molecular formula is C18H24ClNO2. The molecule has 3 nitrogen and oxygen atoms in total. The molecule has 0 spiro atoms. The van der Waals surface area contributed by atoms with E-state index < -0.39 is 0 Å². The van der Waals surface area contributed by atoms with Crippen LogP contribution in [0.1, 0.15) is 38.2 Å². The van der Waals surface area contributed by atoms with Gasteiger partial charge in [0.15, 0.2) is 0 Å². The predicted molar refractivity (Wildman–Crippen MR) is 88.1 cm³/mol. The van der Waals surface area contributed by atoms with Crippen LogP contribution >= 0.6 is 11.6 Å². The van der Waals surface area contributed by atoms with Crippen molar-refractivity contribution in [3.63, 3.8) is 0 Å². The zero-order chi connectivity index (χ0) is 15.6. The zero-order valence-electron chi connectivity index (χ0n) is 13.2. The van der Waals surface area contributed by atoms with Crippen LogP contribution in [0.3, 0.4) is 0 Å². The lowest BCUT2D eigenvalue weighted by molar-refractivity contribution is -0.139. The van der Waals surface area contributed by atoms with Gasteiger partial charge in [0.05, 0.1) is 12.7 Å². The van der Waals surface area contributed by atoms with Gasteiger partial charge in [-0.3, -0.25) is 4.79 Å². The SMILES string of the molecule is CC1(CCC(=O)N2CCO[C@H](Cc3ccccc3Cl)C2)CC1. The molecule has 0 radical (unpaired) electrons. The normalized spacial score (nSPS) is 23.4. The smallest absolute Gasteiger partial charge is 0.222 e. The lowest BCUT2D eigenvalue weighted by Crippen LogP contribution is -2.46. The topological polar surface area (TPSA) is 29.5 Å².